The normalized spacial score (nSPS) is 20.9. The van der Waals surface area contributed by atoms with Gasteiger partial charge in [-0.05, 0) is 73.9 Å². The molecule has 0 fully saturated rings. The van der Waals surface area contributed by atoms with Gasteiger partial charge in [0.25, 0.3) is 0 Å². The number of carbonyl (C=O) groups excluding carboxylic acids is 1. The summed E-state index contributed by atoms with van der Waals surface area (Å²) in [7, 11) is 0. The van der Waals surface area contributed by atoms with Gasteiger partial charge in [-0.25, -0.2) is 4.99 Å². The van der Waals surface area contributed by atoms with E-state index < -0.39 is 0 Å². The van der Waals surface area contributed by atoms with Gasteiger partial charge in [0.2, 0.25) is 5.91 Å². The minimum Gasteiger partial charge on any atom is -0.330 e. The molecule has 1 aromatic rings. The van der Waals surface area contributed by atoms with Crippen molar-refractivity contribution >= 4 is 12.1 Å². The number of benzene rings is 1. The number of hydrogen-bond acceptors (Lipinski definition) is 6. The maximum Gasteiger partial charge on any atom is 0.230 e. The van der Waals surface area contributed by atoms with Crippen LogP contribution < -0.4 is 22.1 Å². The van der Waals surface area contributed by atoms with E-state index in [1.54, 1.807) is 0 Å². The van der Waals surface area contributed by atoms with Gasteiger partial charge in [0, 0.05) is 19.3 Å². The number of allylic oxidation sites excluding steroid dienone is 5. The average Bonchev–Trinajstić information content (AvgIpc) is 2.90. The van der Waals surface area contributed by atoms with Crippen LogP contribution in [0.5, 0.6) is 0 Å². The van der Waals surface area contributed by atoms with E-state index in [1.165, 1.54) is 0 Å². The van der Waals surface area contributed by atoms with Crippen molar-refractivity contribution in [2.24, 2.45) is 40.1 Å². The van der Waals surface area contributed by atoms with Crippen molar-refractivity contribution in [1.82, 2.24) is 10.6 Å². The first-order valence-corrected chi connectivity index (χ1v) is 12.3. The Morgan fingerprint density at radius 1 is 1.20 bits per heavy atom. The predicted octanol–water partition coefficient (Wildman–Crippen LogP) is 2.58. The Hall–Kier alpha value is -3.31. The molecule has 1 amide bonds. The van der Waals surface area contributed by atoms with Gasteiger partial charge in [-0.3, -0.25) is 4.79 Å². The van der Waals surface area contributed by atoms with Crippen LogP contribution >= 0.6 is 0 Å². The van der Waals surface area contributed by atoms with Gasteiger partial charge in [0.05, 0.1) is 17.6 Å². The lowest BCUT2D eigenvalue weighted by Gasteiger charge is -2.26. The van der Waals surface area contributed by atoms with E-state index in [0.29, 0.717) is 31.0 Å². The molecule has 1 aromatic carbocycles. The number of amides is 1. The molecule has 0 saturated heterocycles. The molecule has 35 heavy (non-hydrogen) atoms. The highest BCUT2D eigenvalue weighted by molar-refractivity contribution is 5.81. The van der Waals surface area contributed by atoms with Crippen LogP contribution in [0, 0.1) is 35.0 Å². The van der Waals surface area contributed by atoms with Crippen molar-refractivity contribution in [3.63, 3.8) is 0 Å². The number of nitrogens with two attached hydrogens (primary N) is 2. The second-order valence-corrected chi connectivity index (χ2v) is 8.90. The van der Waals surface area contributed by atoms with Crippen LogP contribution in [0.4, 0.5) is 0 Å². The minimum atomic E-state index is -0.226. The fourth-order valence-electron chi connectivity index (χ4n) is 4.40. The maximum absolute atomic E-state index is 13.4. The fourth-order valence-corrected chi connectivity index (χ4v) is 4.40. The number of nitriles is 1. The summed E-state index contributed by atoms with van der Waals surface area (Å²) in [5, 5.41) is 15.5. The third-order valence-electron chi connectivity index (χ3n) is 6.48. The second kappa shape index (κ2) is 14.2. The molecule has 4 unspecified atom stereocenters. The van der Waals surface area contributed by atoms with E-state index in [-0.39, 0.29) is 29.6 Å². The number of nitrogens with one attached hydrogen (secondary N) is 2. The minimum absolute atomic E-state index is 0.0355. The van der Waals surface area contributed by atoms with Gasteiger partial charge in [0.15, 0.2) is 0 Å². The summed E-state index contributed by atoms with van der Waals surface area (Å²) in [5.41, 5.74) is 13.4. The molecule has 0 bridgehead atoms. The lowest BCUT2D eigenvalue weighted by Crippen LogP contribution is -2.41. The summed E-state index contributed by atoms with van der Waals surface area (Å²) in [6, 6.07) is 9.75. The van der Waals surface area contributed by atoms with Crippen molar-refractivity contribution in [2.75, 3.05) is 26.2 Å². The van der Waals surface area contributed by atoms with E-state index in [1.807, 2.05) is 54.8 Å². The number of hydrogen-bond donors (Lipinski definition) is 4. The summed E-state index contributed by atoms with van der Waals surface area (Å²) < 4.78 is 0. The van der Waals surface area contributed by atoms with Crippen molar-refractivity contribution in [2.45, 2.75) is 19.3 Å². The lowest BCUT2D eigenvalue weighted by molar-refractivity contribution is -0.125. The highest BCUT2D eigenvalue weighted by Gasteiger charge is 2.28. The van der Waals surface area contributed by atoms with Crippen LogP contribution in [0.25, 0.3) is 0 Å². The van der Waals surface area contributed by atoms with E-state index in [4.69, 9.17) is 16.7 Å². The van der Waals surface area contributed by atoms with Gasteiger partial charge in [-0.1, -0.05) is 48.6 Å². The molecule has 0 spiro atoms. The third-order valence-corrected chi connectivity index (χ3v) is 6.48. The third kappa shape index (κ3) is 8.15. The molecular formula is C28H36N6O. The molecule has 7 heteroatoms. The molecule has 2 aliphatic rings. The van der Waals surface area contributed by atoms with Crippen LogP contribution in [-0.2, 0) is 11.2 Å². The topological polar surface area (TPSA) is 129 Å². The molecule has 184 valence electrons. The van der Waals surface area contributed by atoms with E-state index in [0.717, 1.165) is 31.4 Å². The summed E-state index contributed by atoms with van der Waals surface area (Å²) in [6.45, 7) is 2.30. The Bertz CT molecular complexity index is 1010. The monoisotopic (exact) mass is 472 g/mol. The smallest absolute Gasteiger partial charge is 0.230 e. The number of aliphatic imine (C=N–C) groups is 1. The molecule has 0 radical (unpaired) electrons. The molecular weight excluding hydrogens is 436 g/mol. The Labute approximate surface area is 208 Å². The van der Waals surface area contributed by atoms with Gasteiger partial charge in [0.1, 0.15) is 5.82 Å². The zero-order valence-electron chi connectivity index (χ0n) is 20.1. The van der Waals surface area contributed by atoms with Gasteiger partial charge < -0.3 is 22.1 Å². The fraction of sp³-hybridized carbons (Fsp3) is 0.393. The molecule has 0 aromatic heterocycles. The highest BCUT2D eigenvalue weighted by atomic mass is 16.2. The van der Waals surface area contributed by atoms with E-state index >= 15 is 0 Å². The van der Waals surface area contributed by atoms with Crippen LogP contribution in [0.3, 0.4) is 0 Å². The molecule has 7 nitrogen and oxygen atoms in total. The molecule has 1 aliphatic heterocycles. The van der Waals surface area contributed by atoms with Crippen LogP contribution in [0.15, 0.2) is 77.6 Å². The van der Waals surface area contributed by atoms with Crippen LogP contribution in [0.1, 0.15) is 24.0 Å². The van der Waals surface area contributed by atoms with Crippen molar-refractivity contribution in [3.8, 4) is 6.07 Å². The Morgan fingerprint density at radius 3 is 2.71 bits per heavy atom. The first-order valence-electron chi connectivity index (χ1n) is 12.3. The Balaban J connectivity index is 1.60. The molecule has 4 atom stereocenters. The summed E-state index contributed by atoms with van der Waals surface area (Å²) in [5.74, 6) is 0.780. The van der Waals surface area contributed by atoms with Gasteiger partial charge in [-0.2, -0.15) is 5.26 Å². The zero-order chi connectivity index (χ0) is 24.9. The SMILES string of the molecule is N#Cc1ccc(CCNCC(C(=O)NC2=CC(C(/C=C\CN)CN)CC=N2)C2C=CC=CC2)cc1. The van der Waals surface area contributed by atoms with Crippen molar-refractivity contribution < 1.29 is 4.79 Å². The van der Waals surface area contributed by atoms with Crippen LogP contribution in [-0.4, -0.2) is 38.3 Å². The summed E-state index contributed by atoms with van der Waals surface area (Å²) >= 11 is 0. The quantitative estimate of drug-likeness (QED) is 0.274. The summed E-state index contributed by atoms with van der Waals surface area (Å²) in [6.07, 6.45) is 18.5. The Kier molecular flexibility index (Phi) is 10.6. The maximum atomic E-state index is 13.4. The first-order chi connectivity index (χ1) is 17.1. The van der Waals surface area contributed by atoms with Gasteiger partial charge in [-0.15, -0.1) is 0 Å². The van der Waals surface area contributed by atoms with E-state index in [2.05, 4.69) is 39.9 Å². The molecule has 1 aliphatic carbocycles. The van der Waals surface area contributed by atoms with Crippen LogP contribution in [0.2, 0.25) is 0 Å². The largest absolute Gasteiger partial charge is 0.330 e. The predicted molar refractivity (Wildman–Crippen MR) is 141 cm³/mol. The molecule has 1 heterocycles. The Morgan fingerprint density at radius 2 is 2.03 bits per heavy atom. The first kappa shape index (κ1) is 26.3. The van der Waals surface area contributed by atoms with E-state index in [9.17, 15) is 4.79 Å². The second-order valence-electron chi connectivity index (χ2n) is 8.90. The number of nitrogens with zero attached hydrogens (tertiary/aromatic N) is 2. The lowest BCUT2D eigenvalue weighted by atomic mass is 9.85. The van der Waals surface area contributed by atoms with Crippen molar-refractivity contribution in [1.29, 1.82) is 5.26 Å². The van der Waals surface area contributed by atoms with Crippen molar-refractivity contribution in [3.05, 3.63) is 83.7 Å². The standard InChI is InChI=1S/C28H36N6O/c29-14-4-7-25(19-31)24-13-16-33-27(17-24)34-28(35)26(23-5-2-1-3-6-23)20-32-15-12-21-8-10-22(18-30)11-9-21/h1-5,7-11,16-17,23-26,32H,6,12-15,19-20,29,31H2,(H,34,35)/b7-4-. The zero-order valence-corrected chi connectivity index (χ0v) is 20.1. The number of carbonyl (C=O) groups is 1. The molecule has 6 N–H and O–H groups in total. The average molecular weight is 473 g/mol. The van der Waals surface area contributed by atoms with Gasteiger partial charge >= 0.3 is 0 Å². The molecule has 0 saturated carbocycles. The highest BCUT2D eigenvalue weighted by Crippen LogP contribution is 2.24. The summed E-state index contributed by atoms with van der Waals surface area (Å²) in [4.78, 5) is 17.8. The number of rotatable bonds is 12. The molecule has 3 rings (SSSR count).